The van der Waals surface area contributed by atoms with Gasteiger partial charge in [0.05, 0.1) is 5.69 Å². The van der Waals surface area contributed by atoms with Crippen LogP contribution in [-0.2, 0) is 11.3 Å². The third-order valence-corrected chi connectivity index (χ3v) is 4.00. The Bertz CT molecular complexity index is 774. The van der Waals surface area contributed by atoms with Crippen molar-refractivity contribution in [1.82, 2.24) is 14.4 Å². The summed E-state index contributed by atoms with van der Waals surface area (Å²) in [6.45, 7) is 5.29. The quantitative estimate of drug-likeness (QED) is 0.633. The molecule has 134 valence electrons. The SMILES string of the molecule is CC(C)(C)c1nc2cc(C(F)(F)C(F)(F)C(F)(F)F)ncn2c1Br. The fourth-order valence-corrected chi connectivity index (χ4v) is 2.86. The van der Waals surface area contributed by atoms with Crippen LogP contribution in [0, 0.1) is 0 Å². The van der Waals surface area contributed by atoms with Gasteiger partial charge in [0.15, 0.2) is 0 Å². The molecular weight excluding hydrogens is 411 g/mol. The first-order valence-corrected chi connectivity index (χ1v) is 7.27. The van der Waals surface area contributed by atoms with Crippen molar-refractivity contribution in [3.05, 3.63) is 28.4 Å². The second-order valence-corrected chi connectivity index (χ2v) is 6.90. The summed E-state index contributed by atoms with van der Waals surface area (Å²) in [4.78, 5) is 7.10. The van der Waals surface area contributed by atoms with E-state index < -0.39 is 29.1 Å². The van der Waals surface area contributed by atoms with Crippen LogP contribution in [0.4, 0.5) is 30.7 Å². The number of alkyl halides is 7. The topological polar surface area (TPSA) is 30.2 Å². The second-order valence-electron chi connectivity index (χ2n) is 6.15. The van der Waals surface area contributed by atoms with Gasteiger partial charge in [-0.3, -0.25) is 4.40 Å². The molecule has 0 bridgehead atoms. The molecule has 0 atom stereocenters. The van der Waals surface area contributed by atoms with Crippen LogP contribution in [0.2, 0.25) is 0 Å². The van der Waals surface area contributed by atoms with Crippen molar-refractivity contribution >= 4 is 21.6 Å². The molecule has 24 heavy (non-hydrogen) atoms. The zero-order valence-electron chi connectivity index (χ0n) is 12.5. The van der Waals surface area contributed by atoms with E-state index in [1.807, 2.05) is 0 Å². The molecule has 0 amide bonds. The van der Waals surface area contributed by atoms with E-state index in [9.17, 15) is 30.7 Å². The third-order valence-electron chi connectivity index (χ3n) is 3.24. The first kappa shape index (κ1) is 18.9. The van der Waals surface area contributed by atoms with Gasteiger partial charge in [0.25, 0.3) is 0 Å². The molecule has 0 fully saturated rings. The van der Waals surface area contributed by atoms with E-state index in [0.29, 0.717) is 16.4 Å². The summed E-state index contributed by atoms with van der Waals surface area (Å²) >= 11 is 3.18. The molecule has 0 unspecified atom stereocenters. The number of hydrogen-bond donors (Lipinski definition) is 0. The van der Waals surface area contributed by atoms with Gasteiger partial charge in [0.2, 0.25) is 0 Å². The smallest absolute Gasteiger partial charge is 0.277 e. The lowest BCUT2D eigenvalue weighted by atomic mass is 9.93. The Labute approximate surface area is 140 Å². The summed E-state index contributed by atoms with van der Waals surface area (Å²) in [7, 11) is 0. The normalized spacial score (nSPS) is 14.5. The Balaban J connectivity index is 2.63. The highest BCUT2D eigenvalue weighted by atomic mass is 79.9. The largest absolute Gasteiger partial charge is 0.460 e. The lowest BCUT2D eigenvalue weighted by Crippen LogP contribution is -2.50. The van der Waals surface area contributed by atoms with Crippen LogP contribution >= 0.6 is 15.9 Å². The molecule has 2 aromatic rings. The summed E-state index contributed by atoms with van der Waals surface area (Å²) < 4.78 is 92.0. The van der Waals surface area contributed by atoms with Gasteiger partial charge in [-0.1, -0.05) is 20.8 Å². The molecular formula is C13H11BrF7N3. The van der Waals surface area contributed by atoms with Crippen molar-refractivity contribution in [2.75, 3.05) is 0 Å². The average Bonchev–Trinajstić information content (AvgIpc) is 2.74. The number of aromatic nitrogens is 3. The molecule has 0 aliphatic carbocycles. The molecule has 0 radical (unpaired) electrons. The van der Waals surface area contributed by atoms with Gasteiger partial charge >= 0.3 is 18.0 Å². The Morgan fingerprint density at radius 2 is 1.54 bits per heavy atom. The number of nitrogens with zero attached hydrogens (tertiary/aromatic N) is 3. The maximum absolute atomic E-state index is 13.7. The lowest BCUT2D eigenvalue weighted by Gasteiger charge is -2.27. The van der Waals surface area contributed by atoms with Gasteiger partial charge in [0.1, 0.15) is 22.3 Å². The number of fused-ring (bicyclic) bond motifs is 1. The molecule has 0 saturated heterocycles. The Kier molecular flexibility index (Phi) is 4.18. The van der Waals surface area contributed by atoms with E-state index in [-0.39, 0.29) is 5.65 Å². The molecule has 2 rings (SSSR count). The fourth-order valence-electron chi connectivity index (χ4n) is 1.91. The minimum absolute atomic E-state index is 0.227. The highest BCUT2D eigenvalue weighted by Crippen LogP contribution is 2.51. The first-order valence-electron chi connectivity index (χ1n) is 6.47. The van der Waals surface area contributed by atoms with Crippen LogP contribution in [0.25, 0.3) is 5.65 Å². The van der Waals surface area contributed by atoms with E-state index in [0.717, 1.165) is 6.33 Å². The average molecular weight is 422 g/mol. The second kappa shape index (κ2) is 5.30. The predicted octanol–water partition coefficient (Wildman–Crippen LogP) is 5.08. The van der Waals surface area contributed by atoms with E-state index in [1.165, 1.54) is 4.40 Å². The van der Waals surface area contributed by atoms with Gasteiger partial charge in [-0.2, -0.15) is 30.7 Å². The molecule has 0 aliphatic rings. The number of imidazole rings is 1. The molecule has 11 heteroatoms. The first-order chi connectivity index (χ1) is 10.6. The molecule has 2 aromatic heterocycles. The Morgan fingerprint density at radius 3 is 2.00 bits per heavy atom. The summed E-state index contributed by atoms with van der Waals surface area (Å²) in [6, 6.07) is 0.416. The van der Waals surface area contributed by atoms with Gasteiger partial charge in [-0.15, -0.1) is 0 Å². The van der Waals surface area contributed by atoms with Crippen LogP contribution in [0.15, 0.2) is 17.0 Å². The molecule has 0 saturated carbocycles. The van der Waals surface area contributed by atoms with Crippen LogP contribution in [0.1, 0.15) is 32.2 Å². The van der Waals surface area contributed by atoms with Crippen molar-refractivity contribution in [3.8, 4) is 0 Å². The van der Waals surface area contributed by atoms with Crippen LogP contribution in [-0.4, -0.2) is 26.5 Å². The van der Waals surface area contributed by atoms with Crippen molar-refractivity contribution < 1.29 is 30.7 Å². The number of halogens is 8. The lowest BCUT2D eigenvalue weighted by molar-refractivity contribution is -0.360. The number of hydrogen-bond acceptors (Lipinski definition) is 2. The van der Waals surface area contributed by atoms with Crippen molar-refractivity contribution in [3.63, 3.8) is 0 Å². The summed E-state index contributed by atoms with van der Waals surface area (Å²) in [5.74, 6) is -11.8. The minimum Gasteiger partial charge on any atom is -0.277 e. The monoisotopic (exact) mass is 421 g/mol. The van der Waals surface area contributed by atoms with Gasteiger partial charge in [-0.25, -0.2) is 9.97 Å². The predicted molar refractivity (Wildman–Crippen MR) is 74.3 cm³/mol. The van der Waals surface area contributed by atoms with E-state index in [1.54, 1.807) is 20.8 Å². The highest BCUT2D eigenvalue weighted by molar-refractivity contribution is 9.10. The van der Waals surface area contributed by atoms with Gasteiger partial charge in [-0.05, 0) is 15.9 Å². The standard InChI is InChI=1S/C13H11BrF7N3/c1-10(2,3)8-9(14)24-5-22-6(4-7(24)23-8)11(15,16)12(17,18)13(19,20)21/h4-5H,1-3H3. The van der Waals surface area contributed by atoms with Crippen LogP contribution in [0.3, 0.4) is 0 Å². The van der Waals surface area contributed by atoms with Crippen LogP contribution in [0.5, 0.6) is 0 Å². The van der Waals surface area contributed by atoms with Crippen molar-refractivity contribution in [2.45, 2.75) is 44.2 Å². The molecule has 0 aromatic carbocycles. The van der Waals surface area contributed by atoms with Crippen LogP contribution < -0.4 is 0 Å². The minimum atomic E-state index is -6.42. The molecule has 3 nitrogen and oxygen atoms in total. The van der Waals surface area contributed by atoms with Gasteiger partial charge < -0.3 is 0 Å². The third kappa shape index (κ3) is 2.76. The van der Waals surface area contributed by atoms with Crippen molar-refractivity contribution in [1.29, 1.82) is 0 Å². The highest BCUT2D eigenvalue weighted by Gasteiger charge is 2.74. The van der Waals surface area contributed by atoms with Crippen molar-refractivity contribution in [2.24, 2.45) is 0 Å². The van der Waals surface area contributed by atoms with E-state index >= 15 is 0 Å². The maximum Gasteiger partial charge on any atom is 0.460 e. The maximum atomic E-state index is 13.7. The summed E-state index contributed by atoms with van der Waals surface area (Å²) in [6.07, 6.45) is -5.70. The van der Waals surface area contributed by atoms with E-state index in [4.69, 9.17) is 0 Å². The molecule has 0 N–H and O–H groups in total. The summed E-state index contributed by atoms with van der Waals surface area (Å²) in [5.41, 5.74) is -2.05. The van der Waals surface area contributed by atoms with Gasteiger partial charge in [0, 0.05) is 11.5 Å². The molecule has 0 spiro atoms. The Hall–Kier alpha value is -1.39. The zero-order valence-corrected chi connectivity index (χ0v) is 14.1. The Morgan fingerprint density at radius 1 is 1.00 bits per heavy atom. The number of rotatable bonds is 2. The molecule has 2 heterocycles. The molecule has 0 aliphatic heterocycles. The van der Waals surface area contributed by atoms with E-state index in [2.05, 4.69) is 25.9 Å². The fraction of sp³-hybridized carbons (Fsp3) is 0.538. The zero-order chi connectivity index (χ0) is 18.7. The summed E-state index contributed by atoms with van der Waals surface area (Å²) in [5, 5.41) is 0.